The van der Waals surface area contributed by atoms with Crippen LogP contribution < -0.4 is 10.1 Å². The van der Waals surface area contributed by atoms with Crippen LogP contribution in [0.3, 0.4) is 0 Å². The van der Waals surface area contributed by atoms with Crippen molar-refractivity contribution in [1.82, 2.24) is 0 Å². The maximum Gasteiger partial charge on any atom is 0.255 e. The smallest absolute Gasteiger partial charge is 0.255 e. The number of anilines is 1. The summed E-state index contributed by atoms with van der Waals surface area (Å²) < 4.78 is 5.16. The van der Waals surface area contributed by atoms with Crippen molar-refractivity contribution in [2.45, 2.75) is 0 Å². The Hall–Kier alpha value is -2.51. The Balaban J connectivity index is 2.23. The largest absolute Gasteiger partial charge is 0.495 e. The number of carbonyl (C=O) groups excluding carboxylic acids is 1. The lowest BCUT2D eigenvalue weighted by molar-refractivity contribution is 0.102. The van der Waals surface area contributed by atoms with Gasteiger partial charge in [-0.15, -0.1) is 0 Å². The molecule has 0 unspecified atom stereocenters. The zero-order valence-corrected chi connectivity index (χ0v) is 11.4. The number of benzene rings is 2. The van der Waals surface area contributed by atoms with Crippen molar-refractivity contribution < 1.29 is 9.53 Å². The summed E-state index contributed by atoms with van der Waals surface area (Å²) in [6.07, 6.45) is 0. The van der Waals surface area contributed by atoms with Gasteiger partial charge in [0.05, 0.1) is 24.4 Å². The molecule has 2 rings (SSSR count). The SMILES string of the molecule is COc1ccc(Cl)cc1NC(=O)c1ccc(C#N)cc1. The highest BCUT2D eigenvalue weighted by atomic mass is 35.5. The highest BCUT2D eigenvalue weighted by Crippen LogP contribution is 2.28. The molecule has 0 saturated carbocycles. The first kappa shape index (κ1) is 13.9. The maximum atomic E-state index is 12.1. The van der Waals surface area contributed by atoms with Gasteiger partial charge in [-0.2, -0.15) is 5.26 Å². The lowest BCUT2D eigenvalue weighted by Crippen LogP contribution is -2.12. The molecule has 2 aromatic rings. The van der Waals surface area contributed by atoms with Crippen LogP contribution in [0.15, 0.2) is 42.5 Å². The molecule has 0 radical (unpaired) electrons. The fourth-order valence-corrected chi connectivity index (χ4v) is 1.84. The molecule has 4 nitrogen and oxygen atoms in total. The Morgan fingerprint density at radius 3 is 2.55 bits per heavy atom. The van der Waals surface area contributed by atoms with Gasteiger partial charge in [-0.25, -0.2) is 0 Å². The van der Waals surface area contributed by atoms with Crippen LogP contribution in [-0.2, 0) is 0 Å². The summed E-state index contributed by atoms with van der Waals surface area (Å²) in [5.41, 5.74) is 1.45. The van der Waals surface area contributed by atoms with E-state index in [1.54, 1.807) is 42.5 Å². The molecular formula is C15H11ClN2O2. The zero-order valence-electron chi connectivity index (χ0n) is 10.7. The Morgan fingerprint density at radius 2 is 1.95 bits per heavy atom. The first-order valence-electron chi connectivity index (χ1n) is 5.79. The van der Waals surface area contributed by atoms with Crippen molar-refractivity contribution in [2.75, 3.05) is 12.4 Å². The Bertz CT molecular complexity index is 675. The second kappa shape index (κ2) is 6.09. The Labute approximate surface area is 121 Å². The second-order valence-electron chi connectivity index (χ2n) is 3.99. The number of carbonyl (C=O) groups is 1. The number of hydrogen-bond acceptors (Lipinski definition) is 3. The summed E-state index contributed by atoms with van der Waals surface area (Å²) in [5, 5.41) is 11.9. The van der Waals surface area contributed by atoms with E-state index in [0.717, 1.165) is 0 Å². The standard InChI is InChI=1S/C15H11ClN2O2/c1-20-14-7-6-12(16)8-13(14)18-15(19)11-4-2-10(9-17)3-5-11/h2-8H,1H3,(H,18,19). The number of methoxy groups -OCH3 is 1. The average Bonchev–Trinajstić information content (AvgIpc) is 2.47. The van der Waals surface area contributed by atoms with Crippen molar-refractivity contribution in [1.29, 1.82) is 5.26 Å². The van der Waals surface area contributed by atoms with Crippen LogP contribution >= 0.6 is 11.6 Å². The van der Waals surface area contributed by atoms with Crippen molar-refractivity contribution in [2.24, 2.45) is 0 Å². The molecule has 100 valence electrons. The molecule has 2 aromatic carbocycles. The number of ether oxygens (including phenoxy) is 1. The van der Waals surface area contributed by atoms with Crippen LogP contribution in [0.2, 0.25) is 5.02 Å². The van der Waals surface area contributed by atoms with E-state index >= 15 is 0 Å². The normalized spacial score (nSPS) is 9.65. The number of hydrogen-bond donors (Lipinski definition) is 1. The highest BCUT2D eigenvalue weighted by Gasteiger charge is 2.10. The van der Waals surface area contributed by atoms with E-state index < -0.39 is 0 Å². The van der Waals surface area contributed by atoms with Gasteiger partial charge in [0.15, 0.2) is 0 Å². The van der Waals surface area contributed by atoms with Crippen molar-refractivity contribution in [3.63, 3.8) is 0 Å². The monoisotopic (exact) mass is 286 g/mol. The van der Waals surface area contributed by atoms with E-state index in [1.807, 2.05) is 6.07 Å². The summed E-state index contributed by atoms with van der Waals surface area (Å²) in [6.45, 7) is 0. The summed E-state index contributed by atoms with van der Waals surface area (Å²) in [4.78, 5) is 12.1. The predicted octanol–water partition coefficient (Wildman–Crippen LogP) is 3.47. The van der Waals surface area contributed by atoms with Gasteiger partial charge in [-0.05, 0) is 42.5 Å². The molecule has 0 fully saturated rings. The van der Waals surface area contributed by atoms with E-state index in [0.29, 0.717) is 27.6 Å². The Kier molecular flexibility index (Phi) is 4.24. The van der Waals surface area contributed by atoms with Crippen molar-refractivity contribution in [3.05, 3.63) is 58.6 Å². The fourth-order valence-electron chi connectivity index (χ4n) is 1.67. The third-order valence-electron chi connectivity index (χ3n) is 2.69. The maximum absolute atomic E-state index is 12.1. The topological polar surface area (TPSA) is 62.1 Å². The van der Waals surface area contributed by atoms with Crippen LogP contribution in [0, 0.1) is 11.3 Å². The Morgan fingerprint density at radius 1 is 1.25 bits per heavy atom. The second-order valence-corrected chi connectivity index (χ2v) is 4.42. The quantitative estimate of drug-likeness (QED) is 0.939. The number of nitriles is 1. The van der Waals surface area contributed by atoms with E-state index in [9.17, 15) is 4.79 Å². The summed E-state index contributed by atoms with van der Waals surface area (Å²) in [5.74, 6) is 0.228. The number of nitrogens with zero attached hydrogens (tertiary/aromatic N) is 1. The minimum Gasteiger partial charge on any atom is -0.495 e. The zero-order chi connectivity index (χ0) is 14.5. The molecule has 0 heterocycles. The minimum absolute atomic E-state index is 0.296. The highest BCUT2D eigenvalue weighted by molar-refractivity contribution is 6.31. The number of nitrogens with one attached hydrogen (secondary N) is 1. The van der Waals surface area contributed by atoms with Gasteiger partial charge in [-0.1, -0.05) is 11.6 Å². The van der Waals surface area contributed by atoms with Gasteiger partial charge in [-0.3, -0.25) is 4.79 Å². The van der Waals surface area contributed by atoms with Crippen LogP contribution in [0.1, 0.15) is 15.9 Å². The lowest BCUT2D eigenvalue weighted by atomic mass is 10.1. The molecule has 1 amide bonds. The molecule has 0 atom stereocenters. The third-order valence-corrected chi connectivity index (χ3v) is 2.92. The summed E-state index contributed by atoms with van der Waals surface area (Å²) >= 11 is 5.90. The molecule has 0 aliphatic heterocycles. The molecular weight excluding hydrogens is 276 g/mol. The van der Waals surface area contributed by atoms with Crippen molar-refractivity contribution in [3.8, 4) is 11.8 Å². The minimum atomic E-state index is -0.296. The summed E-state index contributed by atoms with van der Waals surface area (Å²) in [6, 6.07) is 13.3. The third kappa shape index (κ3) is 3.08. The van der Waals surface area contributed by atoms with Gasteiger partial charge in [0.2, 0.25) is 0 Å². The molecule has 0 saturated heterocycles. The molecule has 0 bridgehead atoms. The van der Waals surface area contributed by atoms with Gasteiger partial charge < -0.3 is 10.1 Å². The molecule has 0 aliphatic rings. The molecule has 0 aromatic heterocycles. The first-order chi connectivity index (χ1) is 9.63. The predicted molar refractivity (Wildman–Crippen MR) is 77.1 cm³/mol. The van der Waals surface area contributed by atoms with Crippen LogP contribution in [0.5, 0.6) is 5.75 Å². The number of rotatable bonds is 3. The molecule has 0 aliphatic carbocycles. The van der Waals surface area contributed by atoms with Crippen LogP contribution in [0.25, 0.3) is 0 Å². The average molecular weight is 287 g/mol. The van der Waals surface area contributed by atoms with E-state index in [-0.39, 0.29) is 5.91 Å². The van der Waals surface area contributed by atoms with Crippen LogP contribution in [-0.4, -0.2) is 13.0 Å². The fraction of sp³-hybridized carbons (Fsp3) is 0.0667. The number of amides is 1. The van der Waals surface area contributed by atoms with Crippen molar-refractivity contribution >= 4 is 23.2 Å². The van der Waals surface area contributed by atoms with Crippen LogP contribution in [0.4, 0.5) is 5.69 Å². The first-order valence-corrected chi connectivity index (χ1v) is 6.17. The molecule has 1 N–H and O–H groups in total. The van der Waals surface area contributed by atoms with Gasteiger partial charge >= 0.3 is 0 Å². The lowest BCUT2D eigenvalue weighted by Gasteiger charge is -2.10. The van der Waals surface area contributed by atoms with E-state index in [4.69, 9.17) is 21.6 Å². The molecule has 20 heavy (non-hydrogen) atoms. The molecule has 0 spiro atoms. The van der Waals surface area contributed by atoms with Gasteiger partial charge in [0.1, 0.15) is 5.75 Å². The van der Waals surface area contributed by atoms with Gasteiger partial charge in [0, 0.05) is 10.6 Å². The number of halogens is 1. The molecule has 5 heteroatoms. The van der Waals surface area contributed by atoms with Gasteiger partial charge in [0.25, 0.3) is 5.91 Å². The van der Waals surface area contributed by atoms with E-state index in [2.05, 4.69) is 5.32 Å². The van der Waals surface area contributed by atoms with E-state index in [1.165, 1.54) is 7.11 Å². The summed E-state index contributed by atoms with van der Waals surface area (Å²) in [7, 11) is 1.51.